The van der Waals surface area contributed by atoms with Gasteiger partial charge in [-0.25, -0.2) is 13.1 Å². The molecule has 11 nitrogen and oxygen atoms in total. The SMILES string of the molecule is C[C@H](NC(=O)[C@@H](CO)NS(=O)(=O)Cc1ccccc1)C(=O)NC(=O)c1ccc(C(=N)N)cc1. The van der Waals surface area contributed by atoms with Crippen molar-refractivity contribution in [3.8, 4) is 0 Å². The lowest BCUT2D eigenvalue weighted by Crippen LogP contribution is -2.54. The van der Waals surface area contributed by atoms with E-state index in [2.05, 4.69) is 15.4 Å². The zero-order chi connectivity index (χ0) is 24.6. The number of imide groups is 1. The average Bonchev–Trinajstić information content (AvgIpc) is 2.77. The molecule has 2 rings (SSSR count). The number of aliphatic hydroxyl groups is 1. The molecule has 2 atom stereocenters. The van der Waals surface area contributed by atoms with Gasteiger partial charge in [0.15, 0.2) is 0 Å². The summed E-state index contributed by atoms with van der Waals surface area (Å²) in [4.78, 5) is 36.9. The number of aliphatic hydroxyl groups excluding tert-OH is 1. The maximum atomic E-state index is 12.4. The largest absolute Gasteiger partial charge is 0.394 e. The van der Waals surface area contributed by atoms with Crippen LogP contribution in [0.2, 0.25) is 0 Å². The van der Waals surface area contributed by atoms with E-state index in [0.717, 1.165) is 0 Å². The Labute approximate surface area is 190 Å². The third-order valence-corrected chi connectivity index (χ3v) is 5.82. The number of sulfonamides is 1. The number of amides is 3. The molecule has 0 radical (unpaired) electrons. The molecule has 0 saturated heterocycles. The molecule has 0 spiro atoms. The first-order chi connectivity index (χ1) is 15.5. The fourth-order valence-corrected chi connectivity index (χ4v) is 4.03. The zero-order valence-corrected chi connectivity index (χ0v) is 18.6. The van der Waals surface area contributed by atoms with Gasteiger partial charge in [-0.15, -0.1) is 0 Å². The predicted molar refractivity (Wildman–Crippen MR) is 121 cm³/mol. The van der Waals surface area contributed by atoms with Crippen molar-refractivity contribution in [3.63, 3.8) is 0 Å². The van der Waals surface area contributed by atoms with Crippen LogP contribution in [0.4, 0.5) is 0 Å². The molecule has 0 aliphatic heterocycles. The highest BCUT2D eigenvalue weighted by Gasteiger charge is 2.27. The van der Waals surface area contributed by atoms with Crippen molar-refractivity contribution in [1.82, 2.24) is 15.4 Å². The van der Waals surface area contributed by atoms with Crippen molar-refractivity contribution in [2.24, 2.45) is 5.73 Å². The van der Waals surface area contributed by atoms with Gasteiger partial charge in [0.2, 0.25) is 21.8 Å². The van der Waals surface area contributed by atoms with Crippen molar-refractivity contribution in [2.75, 3.05) is 6.61 Å². The summed E-state index contributed by atoms with van der Waals surface area (Å²) in [6, 6.07) is 11.2. The molecule has 7 N–H and O–H groups in total. The lowest BCUT2D eigenvalue weighted by Gasteiger charge is -2.19. The van der Waals surface area contributed by atoms with E-state index in [9.17, 15) is 27.9 Å². The highest BCUT2D eigenvalue weighted by Crippen LogP contribution is 2.06. The third-order valence-electron chi connectivity index (χ3n) is 4.47. The van der Waals surface area contributed by atoms with Crippen LogP contribution in [-0.4, -0.2) is 55.8 Å². The summed E-state index contributed by atoms with van der Waals surface area (Å²) < 4.78 is 26.7. The fourth-order valence-electron chi connectivity index (χ4n) is 2.70. The number of nitrogen functional groups attached to an aromatic ring is 1. The van der Waals surface area contributed by atoms with Gasteiger partial charge in [-0.1, -0.05) is 42.5 Å². The van der Waals surface area contributed by atoms with Crippen molar-refractivity contribution in [1.29, 1.82) is 5.41 Å². The van der Waals surface area contributed by atoms with Crippen LogP contribution in [-0.2, 0) is 25.4 Å². The highest BCUT2D eigenvalue weighted by molar-refractivity contribution is 7.88. The number of hydrogen-bond acceptors (Lipinski definition) is 7. The van der Waals surface area contributed by atoms with Gasteiger partial charge < -0.3 is 16.2 Å². The molecule has 176 valence electrons. The van der Waals surface area contributed by atoms with Gasteiger partial charge in [-0.3, -0.25) is 25.1 Å². The highest BCUT2D eigenvalue weighted by atomic mass is 32.2. The van der Waals surface area contributed by atoms with Crippen LogP contribution in [0.5, 0.6) is 0 Å². The Kier molecular flexibility index (Phi) is 8.79. The number of carbonyl (C=O) groups is 3. The second-order valence-electron chi connectivity index (χ2n) is 7.14. The summed E-state index contributed by atoms with van der Waals surface area (Å²) in [6.07, 6.45) is 0. The molecule has 0 aliphatic carbocycles. The van der Waals surface area contributed by atoms with E-state index >= 15 is 0 Å². The van der Waals surface area contributed by atoms with Gasteiger partial charge >= 0.3 is 0 Å². The number of rotatable bonds is 10. The summed E-state index contributed by atoms with van der Waals surface area (Å²) in [5.41, 5.74) is 6.38. The van der Waals surface area contributed by atoms with E-state index in [0.29, 0.717) is 11.1 Å². The van der Waals surface area contributed by atoms with E-state index < -0.39 is 52.2 Å². The molecule has 0 unspecified atom stereocenters. The Bertz CT molecular complexity index is 1120. The first kappa shape index (κ1) is 25.6. The Hall–Kier alpha value is -3.61. The predicted octanol–water partition coefficient (Wildman–Crippen LogP) is -0.788. The molecule has 0 heterocycles. The van der Waals surface area contributed by atoms with Gasteiger partial charge in [0.1, 0.15) is 17.9 Å². The molecule has 12 heteroatoms. The Balaban J connectivity index is 1.94. The van der Waals surface area contributed by atoms with Gasteiger partial charge in [-0.2, -0.15) is 0 Å². The van der Waals surface area contributed by atoms with Crippen LogP contribution >= 0.6 is 0 Å². The molecule has 0 aliphatic rings. The second kappa shape index (κ2) is 11.3. The molecular weight excluding hydrogens is 450 g/mol. The van der Waals surface area contributed by atoms with E-state index in [1.807, 2.05) is 0 Å². The van der Waals surface area contributed by atoms with E-state index in [-0.39, 0.29) is 11.4 Å². The first-order valence-corrected chi connectivity index (χ1v) is 11.4. The Morgan fingerprint density at radius 1 is 1.00 bits per heavy atom. The summed E-state index contributed by atoms with van der Waals surface area (Å²) >= 11 is 0. The average molecular weight is 476 g/mol. The number of carbonyl (C=O) groups excluding carboxylic acids is 3. The number of benzene rings is 2. The fraction of sp³-hybridized carbons (Fsp3) is 0.238. The number of nitrogens with two attached hydrogens (primary N) is 1. The summed E-state index contributed by atoms with van der Waals surface area (Å²) in [7, 11) is -3.96. The van der Waals surface area contributed by atoms with Crippen molar-refractivity contribution >= 4 is 33.6 Å². The van der Waals surface area contributed by atoms with Crippen molar-refractivity contribution in [3.05, 3.63) is 71.3 Å². The lowest BCUT2D eigenvalue weighted by atomic mass is 10.1. The van der Waals surface area contributed by atoms with E-state index in [1.54, 1.807) is 30.3 Å². The second-order valence-corrected chi connectivity index (χ2v) is 8.89. The maximum Gasteiger partial charge on any atom is 0.257 e. The Morgan fingerprint density at radius 3 is 2.12 bits per heavy atom. The quantitative estimate of drug-likeness (QED) is 0.191. The molecule has 0 saturated carbocycles. The molecule has 0 fully saturated rings. The van der Waals surface area contributed by atoms with E-state index in [4.69, 9.17) is 11.1 Å². The topological polar surface area (TPSA) is 192 Å². The molecule has 2 aromatic carbocycles. The summed E-state index contributed by atoms with van der Waals surface area (Å²) in [5.74, 6) is -3.08. The van der Waals surface area contributed by atoms with Gasteiger partial charge in [-0.05, 0) is 24.6 Å². The van der Waals surface area contributed by atoms with Crippen molar-refractivity contribution in [2.45, 2.75) is 24.8 Å². The van der Waals surface area contributed by atoms with Crippen LogP contribution in [0.3, 0.4) is 0 Å². The standard InChI is InChI=1S/C21H25N5O6S/c1-13(19(28)25-20(29)16-9-7-15(8-10-16)18(22)23)24-21(30)17(11-27)26-33(31,32)12-14-5-3-2-4-6-14/h2-10,13,17,26-27H,11-12H2,1H3,(H3,22,23)(H,24,30)(H,25,28,29)/t13-,17+/m0/s1. The van der Waals surface area contributed by atoms with E-state index in [1.165, 1.54) is 31.2 Å². The van der Waals surface area contributed by atoms with Crippen LogP contribution < -0.4 is 21.1 Å². The molecule has 3 amide bonds. The smallest absolute Gasteiger partial charge is 0.257 e. The normalized spacial score (nSPS) is 12.9. The minimum atomic E-state index is -3.96. The van der Waals surface area contributed by atoms with Crippen LogP contribution in [0.15, 0.2) is 54.6 Å². The first-order valence-electron chi connectivity index (χ1n) is 9.77. The minimum absolute atomic E-state index is 0.133. The summed E-state index contributed by atoms with van der Waals surface area (Å²) in [5, 5.41) is 21.2. The van der Waals surface area contributed by atoms with Crippen LogP contribution in [0.1, 0.15) is 28.4 Å². The van der Waals surface area contributed by atoms with Crippen LogP contribution in [0, 0.1) is 5.41 Å². The van der Waals surface area contributed by atoms with Gasteiger partial charge in [0.25, 0.3) is 5.91 Å². The van der Waals surface area contributed by atoms with Crippen molar-refractivity contribution < 1.29 is 27.9 Å². The summed E-state index contributed by atoms with van der Waals surface area (Å²) in [6.45, 7) is 0.460. The number of hydrogen-bond donors (Lipinski definition) is 6. The zero-order valence-electron chi connectivity index (χ0n) is 17.7. The molecule has 33 heavy (non-hydrogen) atoms. The third kappa shape index (κ3) is 7.79. The maximum absolute atomic E-state index is 12.4. The van der Waals surface area contributed by atoms with Crippen LogP contribution in [0.25, 0.3) is 0 Å². The number of nitrogens with one attached hydrogen (secondary N) is 4. The Morgan fingerprint density at radius 2 is 1.58 bits per heavy atom. The monoisotopic (exact) mass is 475 g/mol. The molecular formula is C21H25N5O6S. The molecule has 0 aromatic heterocycles. The molecule has 2 aromatic rings. The number of amidine groups is 1. The minimum Gasteiger partial charge on any atom is -0.394 e. The van der Waals surface area contributed by atoms with Gasteiger partial charge in [0.05, 0.1) is 12.4 Å². The van der Waals surface area contributed by atoms with Gasteiger partial charge in [0, 0.05) is 11.1 Å². The molecule has 0 bridgehead atoms. The lowest BCUT2D eigenvalue weighted by molar-refractivity contribution is -0.129.